The van der Waals surface area contributed by atoms with Crippen LogP contribution in [0.4, 0.5) is 0 Å². The van der Waals surface area contributed by atoms with Gasteiger partial charge in [-0.3, -0.25) is 0 Å². The third-order valence-electron chi connectivity index (χ3n) is 5.37. The van der Waals surface area contributed by atoms with Crippen molar-refractivity contribution in [3.8, 4) is 0 Å². The Kier molecular flexibility index (Phi) is 5.27. The first-order valence-corrected chi connectivity index (χ1v) is 12.2. The number of likely N-dealkylation sites (N-methyl/N-ethyl adjacent to an activating group) is 4. The molecule has 0 aliphatic carbocycles. The Bertz CT molecular complexity index is 703. The molecule has 12 nitrogen and oxygen atoms in total. The summed E-state index contributed by atoms with van der Waals surface area (Å²) in [6, 6.07) is 0. The highest BCUT2D eigenvalue weighted by Crippen LogP contribution is 2.42. The van der Waals surface area contributed by atoms with E-state index in [9.17, 15) is 16.8 Å². The molecule has 4 atom stereocenters. The lowest BCUT2D eigenvalue weighted by atomic mass is 10.4. The average Bonchev–Trinajstić information content (AvgIpc) is 3.30. The van der Waals surface area contributed by atoms with Gasteiger partial charge in [0.1, 0.15) is 0 Å². The molecule has 0 aromatic carbocycles. The van der Waals surface area contributed by atoms with Crippen molar-refractivity contribution in [2.75, 3.05) is 26.2 Å². The first-order valence-electron chi connectivity index (χ1n) is 9.41. The molecule has 0 bridgehead atoms. The van der Waals surface area contributed by atoms with Crippen molar-refractivity contribution >= 4 is 20.4 Å². The highest BCUT2D eigenvalue weighted by atomic mass is 32.2. The maximum Gasteiger partial charge on any atom is 0.286 e. The van der Waals surface area contributed by atoms with Gasteiger partial charge in [-0.25, -0.2) is 0 Å². The zero-order valence-electron chi connectivity index (χ0n) is 16.2. The van der Waals surface area contributed by atoms with E-state index in [1.54, 1.807) is 27.7 Å². The summed E-state index contributed by atoms with van der Waals surface area (Å²) < 4.78 is 78.5. The maximum atomic E-state index is 12.5. The monoisotopic (exact) mass is 442 g/mol. The summed E-state index contributed by atoms with van der Waals surface area (Å²) in [5.41, 5.74) is 0. The van der Waals surface area contributed by atoms with Gasteiger partial charge in [0, 0.05) is 26.2 Å². The molecule has 0 saturated carbocycles. The van der Waals surface area contributed by atoms with Gasteiger partial charge < -0.3 is 18.9 Å². The van der Waals surface area contributed by atoms with E-state index in [0.717, 1.165) is 0 Å². The molecule has 162 valence electrons. The van der Waals surface area contributed by atoms with Crippen molar-refractivity contribution in [3.05, 3.63) is 0 Å². The molecule has 4 fully saturated rings. The van der Waals surface area contributed by atoms with E-state index in [4.69, 9.17) is 18.9 Å². The Morgan fingerprint density at radius 3 is 0.929 bits per heavy atom. The molecule has 4 rings (SSSR count). The summed E-state index contributed by atoms with van der Waals surface area (Å²) in [4.78, 5) is 0. The second-order valence-electron chi connectivity index (χ2n) is 6.67. The minimum Gasteiger partial charge on any atom is -0.324 e. The number of hydrogen-bond acceptors (Lipinski definition) is 8. The minimum absolute atomic E-state index is 0.235. The van der Waals surface area contributed by atoms with Crippen LogP contribution in [0.15, 0.2) is 0 Å². The maximum absolute atomic E-state index is 12.5. The molecule has 4 saturated heterocycles. The molecule has 0 aromatic heterocycles. The van der Waals surface area contributed by atoms with Crippen LogP contribution in [-0.4, -0.2) is 97.7 Å². The van der Waals surface area contributed by atoms with Crippen LogP contribution >= 0.6 is 0 Å². The molecular weight excluding hydrogens is 416 g/mol. The first kappa shape index (κ1) is 20.8. The lowest BCUT2D eigenvalue weighted by Gasteiger charge is -2.26. The van der Waals surface area contributed by atoms with Gasteiger partial charge >= 0.3 is 0 Å². The predicted molar refractivity (Wildman–Crippen MR) is 94.4 cm³/mol. The van der Waals surface area contributed by atoms with Crippen LogP contribution in [-0.2, 0) is 39.4 Å². The summed E-state index contributed by atoms with van der Waals surface area (Å²) >= 11 is 0. The van der Waals surface area contributed by atoms with Crippen molar-refractivity contribution in [1.29, 1.82) is 0 Å². The first-order chi connectivity index (χ1) is 13.2. The largest absolute Gasteiger partial charge is 0.324 e. The summed E-state index contributed by atoms with van der Waals surface area (Å²) in [6.45, 7) is 7.83. The average molecular weight is 443 g/mol. The van der Waals surface area contributed by atoms with Crippen molar-refractivity contribution in [3.63, 3.8) is 0 Å². The second kappa shape index (κ2) is 7.08. The summed E-state index contributed by atoms with van der Waals surface area (Å²) in [7, 11) is -7.30. The molecule has 14 heteroatoms. The highest BCUT2D eigenvalue weighted by Gasteiger charge is 2.63. The molecular formula is C14H26N4O8S2. The Labute approximate surface area is 165 Å². The molecule has 0 amide bonds. The van der Waals surface area contributed by atoms with E-state index in [2.05, 4.69) is 0 Å². The van der Waals surface area contributed by atoms with Crippen LogP contribution in [0.25, 0.3) is 0 Å². The van der Waals surface area contributed by atoms with E-state index in [1.807, 2.05) is 0 Å². The van der Waals surface area contributed by atoms with Gasteiger partial charge in [0.15, 0.2) is 24.9 Å². The molecule has 0 radical (unpaired) electrons. The molecule has 28 heavy (non-hydrogen) atoms. The van der Waals surface area contributed by atoms with Crippen molar-refractivity contribution < 1.29 is 35.8 Å². The van der Waals surface area contributed by atoms with Gasteiger partial charge in [0.05, 0.1) is 0 Å². The van der Waals surface area contributed by atoms with Gasteiger partial charge in [0.2, 0.25) is 12.6 Å². The Hall–Kier alpha value is -0.420. The van der Waals surface area contributed by atoms with Gasteiger partial charge in [-0.1, -0.05) is 27.7 Å². The Morgan fingerprint density at radius 1 is 0.536 bits per heavy atom. The normalized spacial score (nSPS) is 39.7. The van der Waals surface area contributed by atoms with E-state index >= 15 is 0 Å². The van der Waals surface area contributed by atoms with Gasteiger partial charge in [0.25, 0.3) is 20.4 Å². The fourth-order valence-electron chi connectivity index (χ4n) is 4.15. The van der Waals surface area contributed by atoms with Crippen molar-refractivity contribution in [2.45, 2.75) is 65.2 Å². The number of hydrogen-bond donors (Lipinski definition) is 0. The van der Waals surface area contributed by atoms with Crippen LogP contribution in [0, 0.1) is 0 Å². The van der Waals surface area contributed by atoms with E-state index in [-0.39, 0.29) is 26.2 Å². The van der Waals surface area contributed by atoms with Crippen molar-refractivity contribution in [1.82, 2.24) is 17.2 Å². The van der Waals surface area contributed by atoms with Crippen LogP contribution in [0.3, 0.4) is 0 Å². The van der Waals surface area contributed by atoms with Gasteiger partial charge in [-0.15, -0.1) is 0 Å². The SMILES string of the molecule is CCN1[C@@H]2OC(C3O[C@H]4[C@H](O3)N(CC)S(=O)(=O)N4CC)O[C@H]2N(CC)S1(=O)=O. The van der Waals surface area contributed by atoms with Crippen LogP contribution < -0.4 is 0 Å². The van der Waals surface area contributed by atoms with Crippen LogP contribution in [0.2, 0.25) is 0 Å². The lowest BCUT2D eigenvalue weighted by Crippen LogP contribution is -2.43. The zero-order valence-corrected chi connectivity index (χ0v) is 17.8. The quantitative estimate of drug-likeness (QED) is 0.523. The molecule has 0 aromatic rings. The Morgan fingerprint density at radius 2 is 0.750 bits per heavy atom. The third kappa shape index (κ3) is 2.71. The van der Waals surface area contributed by atoms with Crippen LogP contribution in [0.5, 0.6) is 0 Å². The number of ether oxygens (including phenoxy) is 4. The number of nitrogens with zero attached hydrogens (tertiary/aromatic N) is 4. The number of fused-ring (bicyclic) bond motifs is 2. The fourth-order valence-corrected chi connectivity index (χ4v) is 7.66. The summed E-state index contributed by atoms with van der Waals surface area (Å²) in [5.74, 6) is 0. The molecule has 0 unspecified atom stereocenters. The topological polar surface area (TPSA) is 118 Å². The van der Waals surface area contributed by atoms with E-state index in [1.165, 1.54) is 17.2 Å². The second-order valence-corrected chi connectivity index (χ2v) is 10.3. The predicted octanol–water partition coefficient (Wildman–Crippen LogP) is -1.16. The fraction of sp³-hybridized carbons (Fsp3) is 1.00. The number of rotatable bonds is 5. The molecule has 0 N–H and O–H groups in total. The standard InChI is InChI=1S/C14H26N4O8S2/c1-5-15-9-10(16(6-2)27(15,19)20)24-13(23-9)14-25-11-12(26-14)18(8-4)28(21,22)17(11)7-3/h9-14H,5-8H2,1-4H3/t9-,10-,11+,12+. The Balaban J connectivity index is 1.53. The van der Waals surface area contributed by atoms with Gasteiger partial charge in [-0.05, 0) is 0 Å². The lowest BCUT2D eigenvalue weighted by molar-refractivity contribution is -0.237. The highest BCUT2D eigenvalue weighted by molar-refractivity contribution is 7.87. The molecule has 4 aliphatic rings. The smallest absolute Gasteiger partial charge is 0.286 e. The minimum atomic E-state index is -3.65. The van der Waals surface area contributed by atoms with Gasteiger partial charge in [-0.2, -0.15) is 34.1 Å². The molecule has 4 heterocycles. The summed E-state index contributed by atoms with van der Waals surface area (Å²) in [6.07, 6.45) is -5.16. The third-order valence-corrected chi connectivity index (χ3v) is 9.61. The summed E-state index contributed by atoms with van der Waals surface area (Å²) in [5, 5.41) is 0. The van der Waals surface area contributed by atoms with Crippen molar-refractivity contribution in [2.24, 2.45) is 0 Å². The van der Waals surface area contributed by atoms with Crippen LogP contribution in [0.1, 0.15) is 27.7 Å². The van der Waals surface area contributed by atoms with E-state index in [0.29, 0.717) is 0 Å². The molecule has 0 spiro atoms. The molecule has 4 aliphatic heterocycles. The zero-order chi connectivity index (χ0) is 20.4. The van der Waals surface area contributed by atoms with E-state index < -0.39 is 57.9 Å².